The average molecular weight is 348 g/mol. The van der Waals surface area contributed by atoms with Gasteiger partial charge in [0.25, 0.3) is 0 Å². The number of methoxy groups -OCH3 is 1. The van der Waals surface area contributed by atoms with Crippen molar-refractivity contribution >= 4 is 23.6 Å². The third-order valence-corrected chi connectivity index (χ3v) is 5.75. The number of carbonyl (C=O) groups excluding carboxylic acids is 2. The Bertz CT molecular complexity index is 600. The fourth-order valence-corrected chi connectivity index (χ4v) is 4.26. The van der Waals surface area contributed by atoms with E-state index in [1.807, 2.05) is 34.1 Å². The number of hydrogen-bond donors (Lipinski definition) is 0. The minimum Gasteiger partial charge on any atom is -0.497 e. The first kappa shape index (κ1) is 17.1. The van der Waals surface area contributed by atoms with E-state index >= 15 is 0 Å². The van der Waals surface area contributed by atoms with Gasteiger partial charge in [-0.1, -0.05) is 6.07 Å². The van der Waals surface area contributed by atoms with Crippen LogP contribution >= 0.6 is 11.8 Å². The maximum absolute atomic E-state index is 12.4. The summed E-state index contributed by atoms with van der Waals surface area (Å²) in [6.45, 7) is 2.40. The van der Waals surface area contributed by atoms with Crippen LogP contribution in [0.4, 0.5) is 0 Å². The van der Waals surface area contributed by atoms with Crippen LogP contribution in [0.25, 0.3) is 0 Å². The van der Waals surface area contributed by atoms with Gasteiger partial charge in [0.15, 0.2) is 0 Å². The molecule has 3 rings (SSSR count). The number of piperidine rings is 1. The second-order valence-electron chi connectivity index (χ2n) is 6.27. The third-order valence-electron chi connectivity index (χ3n) is 4.77. The van der Waals surface area contributed by atoms with Gasteiger partial charge in [0.05, 0.1) is 12.9 Å². The molecule has 2 saturated heterocycles. The van der Waals surface area contributed by atoms with Crippen LogP contribution in [0.15, 0.2) is 29.2 Å². The number of ether oxygens (including phenoxy) is 1. The predicted molar refractivity (Wildman–Crippen MR) is 94.3 cm³/mol. The van der Waals surface area contributed by atoms with Crippen LogP contribution in [0, 0.1) is 0 Å². The van der Waals surface area contributed by atoms with Crippen LogP contribution in [-0.2, 0) is 9.59 Å². The monoisotopic (exact) mass is 348 g/mol. The Morgan fingerprint density at radius 1 is 1.29 bits per heavy atom. The molecule has 0 aliphatic carbocycles. The molecule has 0 saturated carbocycles. The summed E-state index contributed by atoms with van der Waals surface area (Å²) in [6, 6.07) is 8.10. The Kier molecular flexibility index (Phi) is 5.66. The second-order valence-corrected chi connectivity index (χ2v) is 7.32. The van der Waals surface area contributed by atoms with Gasteiger partial charge >= 0.3 is 0 Å². The Morgan fingerprint density at radius 2 is 2.08 bits per heavy atom. The van der Waals surface area contributed by atoms with Crippen molar-refractivity contribution in [2.24, 2.45) is 0 Å². The fraction of sp³-hybridized carbons (Fsp3) is 0.556. The van der Waals surface area contributed by atoms with Gasteiger partial charge in [-0.05, 0) is 37.5 Å². The zero-order valence-corrected chi connectivity index (χ0v) is 14.9. The lowest BCUT2D eigenvalue weighted by Gasteiger charge is -2.36. The van der Waals surface area contributed by atoms with Crippen molar-refractivity contribution in [2.45, 2.75) is 36.6 Å². The minimum absolute atomic E-state index is 0.175. The Labute approximate surface area is 147 Å². The summed E-state index contributed by atoms with van der Waals surface area (Å²) in [6.07, 6.45) is 3.48. The molecule has 0 atom stereocenters. The van der Waals surface area contributed by atoms with Crippen molar-refractivity contribution in [3.05, 3.63) is 24.3 Å². The summed E-state index contributed by atoms with van der Waals surface area (Å²) >= 11 is 1.54. The van der Waals surface area contributed by atoms with E-state index in [1.54, 1.807) is 18.9 Å². The van der Waals surface area contributed by atoms with Crippen molar-refractivity contribution < 1.29 is 14.3 Å². The van der Waals surface area contributed by atoms with Gasteiger partial charge in [0, 0.05) is 37.0 Å². The molecule has 24 heavy (non-hydrogen) atoms. The number of carbonyl (C=O) groups is 2. The number of hydrogen-bond acceptors (Lipinski definition) is 4. The lowest BCUT2D eigenvalue weighted by atomic mass is 10.0. The maximum Gasteiger partial charge on any atom is 0.232 e. The molecular weight excluding hydrogens is 324 g/mol. The number of thioether (sulfide) groups is 1. The highest BCUT2D eigenvalue weighted by atomic mass is 32.2. The Balaban J connectivity index is 1.45. The van der Waals surface area contributed by atoms with E-state index < -0.39 is 0 Å². The zero-order chi connectivity index (χ0) is 16.9. The third kappa shape index (κ3) is 4.04. The molecular formula is C18H24N2O3S. The van der Waals surface area contributed by atoms with Crippen LogP contribution < -0.4 is 4.74 Å². The first-order valence-electron chi connectivity index (χ1n) is 8.51. The van der Waals surface area contributed by atoms with Gasteiger partial charge < -0.3 is 14.5 Å². The molecule has 0 radical (unpaired) electrons. The van der Waals surface area contributed by atoms with Gasteiger partial charge in [-0.3, -0.25) is 9.59 Å². The summed E-state index contributed by atoms with van der Waals surface area (Å²) in [7, 11) is 1.64. The first-order chi connectivity index (χ1) is 11.7. The molecule has 0 aromatic heterocycles. The Hall–Kier alpha value is -1.69. The van der Waals surface area contributed by atoms with E-state index in [0.29, 0.717) is 18.2 Å². The first-order valence-corrected chi connectivity index (χ1v) is 9.50. The zero-order valence-electron chi connectivity index (χ0n) is 14.1. The molecule has 2 fully saturated rings. The molecule has 6 heteroatoms. The number of benzene rings is 1. The summed E-state index contributed by atoms with van der Waals surface area (Å²) in [4.78, 5) is 29.2. The summed E-state index contributed by atoms with van der Waals surface area (Å²) < 4.78 is 5.21. The molecule has 130 valence electrons. The van der Waals surface area contributed by atoms with Crippen LogP contribution in [0.3, 0.4) is 0 Å². The SMILES string of the molecule is COc1cccc(SCC(=O)N2CCC(N3CCCC3=O)CC2)c1. The van der Waals surface area contributed by atoms with Crippen molar-refractivity contribution in [1.82, 2.24) is 9.80 Å². The standard InChI is InChI=1S/C18H24N2O3S/c1-23-15-4-2-5-16(12-15)24-13-18(22)19-10-7-14(8-11-19)20-9-3-6-17(20)21/h2,4-5,12,14H,3,6-11,13H2,1H3. The molecule has 1 aromatic carbocycles. The van der Waals surface area contributed by atoms with E-state index in [-0.39, 0.29) is 11.8 Å². The molecule has 0 unspecified atom stereocenters. The molecule has 2 aliphatic heterocycles. The van der Waals surface area contributed by atoms with Crippen molar-refractivity contribution in [3.63, 3.8) is 0 Å². The normalized spacial score (nSPS) is 19.0. The van der Waals surface area contributed by atoms with E-state index in [4.69, 9.17) is 4.74 Å². The molecule has 2 amide bonds. The molecule has 0 N–H and O–H groups in total. The average Bonchev–Trinajstić information content (AvgIpc) is 3.06. The quantitative estimate of drug-likeness (QED) is 0.767. The lowest BCUT2D eigenvalue weighted by molar-refractivity contribution is -0.132. The van der Waals surface area contributed by atoms with Crippen LogP contribution in [0.2, 0.25) is 0 Å². The molecule has 2 heterocycles. The Morgan fingerprint density at radius 3 is 2.75 bits per heavy atom. The minimum atomic E-state index is 0.175. The highest BCUT2D eigenvalue weighted by molar-refractivity contribution is 8.00. The van der Waals surface area contributed by atoms with Gasteiger partial charge in [0.2, 0.25) is 11.8 Å². The molecule has 5 nitrogen and oxygen atoms in total. The smallest absolute Gasteiger partial charge is 0.232 e. The van der Waals surface area contributed by atoms with Gasteiger partial charge in [-0.15, -0.1) is 11.8 Å². The van der Waals surface area contributed by atoms with Crippen molar-refractivity contribution in [1.29, 1.82) is 0 Å². The van der Waals surface area contributed by atoms with Crippen LogP contribution in [0.1, 0.15) is 25.7 Å². The van der Waals surface area contributed by atoms with Crippen LogP contribution in [-0.4, -0.2) is 60.2 Å². The van der Waals surface area contributed by atoms with Crippen molar-refractivity contribution in [3.8, 4) is 5.75 Å². The van der Waals surface area contributed by atoms with Crippen LogP contribution in [0.5, 0.6) is 5.75 Å². The van der Waals surface area contributed by atoms with E-state index in [9.17, 15) is 9.59 Å². The number of likely N-dealkylation sites (tertiary alicyclic amines) is 2. The van der Waals surface area contributed by atoms with Gasteiger partial charge in [0.1, 0.15) is 5.75 Å². The second kappa shape index (κ2) is 7.92. The summed E-state index contributed by atoms with van der Waals surface area (Å²) in [5.41, 5.74) is 0. The maximum atomic E-state index is 12.4. The van der Waals surface area contributed by atoms with Gasteiger partial charge in [-0.2, -0.15) is 0 Å². The van der Waals surface area contributed by atoms with Gasteiger partial charge in [-0.25, -0.2) is 0 Å². The molecule has 0 spiro atoms. The predicted octanol–water partition coefficient (Wildman–Crippen LogP) is 2.40. The van der Waals surface area contributed by atoms with E-state index in [2.05, 4.69) is 0 Å². The number of amides is 2. The summed E-state index contributed by atoms with van der Waals surface area (Å²) in [5, 5.41) is 0. The van der Waals surface area contributed by atoms with E-state index in [1.165, 1.54) is 0 Å². The molecule has 1 aromatic rings. The largest absolute Gasteiger partial charge is 0.497 e. The molecule has 2 aliphatic rings. The fourth-order valence-electron chi connectivity index (χ4n) is 3.41. The molecule has 0 bridgehead atoms. The topological polar surface area (TPSA) is 49.9 Å². The van der Waals surface area contributed by atoms with E-state index in [0.717, 1.165) is 49.5 Å². The highest BCUT2D eigenvalue weighted by Gasteiger charge is 2.31. The van der Waals surface area contributed by atoms with Crippen molar-refractivity contribution in [2.75, 3.05) is 32.5 Å². The number of rotatable bonds is 5. The summed E-state index contributed by atoms with van der Waals surface area (Å²) in [5.74, 6) is 1.71. The number of nitrogens with zero attached hydrogens (tertiary/aromatic N) is 2. The highest BCUT2D eigenvalue weighted by Crippen LogP contribution is 2.25. The lowest BCUT2D eigenvalue weighted by Crippen LogP contribution is -2.47.